The first-order valence-electron chi connectivity index (χ1n) is 9.08. The molecule has 31 heavy (non-hydrogen) atoms. The van der Waals surface area contributed by atoms with Gasteiger partial charge in [0.15, 0.2) is 0 Å². The molecule has 0 spiro atoms. The Morgan fingerprint density at radius 2 is 2.03 bits per heavy atom. The molecule has 5 rings (SSSR count). The Labute approximate surface area is 172 Å². The van der Waals surface area contributed by atoms with Gasteiger partial charge >= 0.3 is 6.18 Å². The number of hydrogen-bond donors (Lipinski definition) is 1. The maximum absolute atomic E-state index is 13.1. The standard InChI is InChI=1S/C19H14F3N7O2/c1-28(14-7-31-15-2-9(19(20,21)22)4-26-16(14)15)18(30)10-3-12-11(5-25-10)27-17(23)13-6-24-8-29(12)13/h2-6,8,14H,7H2,1H3,(H2,23,27). The van der Waals surface area contributed by atoms with Crippen molar-refractivity contribution in [3.05, 3.63) is 54.0 Å². The number of amides is 1. The third kappa shape index (κ3) is 2.98. The fraction of sp³-hybridized carbons (Fsp3) is 0.211. The Bertz CT molecular complexity index is 1350. The van der Waals surface area contributed by atoms with Gasteiger partial charge in [0.1, 0.15) is 46.6 Å². The first-order valence-corrected chi connectivity index (χ1v) is 9.08. The summed E-state index contributed by atoms with van der Waals surface area (Å²) in [5.74, 6) is -0.159. The van der Waals surface area contributed by atoms with Crippen LogP contribution in [0.15, 0.2) is 37.1 Å². The highest BCUT2D eigenvalue weighted by Gasteiger charge is 2.37. The SMILES string of the molecule is CN(C(=O)c1cc2c(cn1)nc(N)c1cncn12)C1COc2cc(C(F)(F)F)cnc21. The largest absolute Gasteiger partial charge is 0.489 e. The quantitative estimate of drug-likeness (QED) is 0.521. The van der Waals surface area contributed by atoms with E-state index >= 15 is 0 Å². The van der Waals surface area contributed by atoms with E-state index in [1.165, 1.54) is 18.1 Å². The maximum atomic E-state index is 13.1. The van der Waals surface area contributed by atoms with Gasteiger partial charge in [0.25, 0.3) is 5.91 Å². The number of carbonyl (C=O) groups excluding carboxylic acids is 1. The van der Waals surface area contributed by atoms with E-state index in [9.17, 15) is 18.0 Å². The lowest BCUT2D eigenvalue weighted by molar-refractivity contribution is -0.137. The molecular weight excluding hydrogens is 415 g/mol. The molecule has 0 saturated heterocycles. The maximum Gasteiger partial charge on any atom is 0.418 e. The van der Waals surface area contributed by atoms with Gasteiger partial charge < -0.3 is 15.4 Å². The Morgan fingerprint density at radius 1 is 1.23 bits per heavy atom. The number of imidazole rings is 1. The van der Waals surface area contributed by atoms with Gasteiger partial charge in [-0.3, -0.25) is 14.2 Å². The third-order valence-corrected chi connectivity index (χ3v) is 5.19. The molecule has 0 aromatic carbocycles. The smallest absolute Gasteiger partial charge is 0.418 e. The second-order valence-electron chi connectivity index (χ2n) is 7.05. The number of carbonyl (C=O) groups is 1. The molecule has 158 valence electrons. The summed E-state index contributed by atoms with van der Waals surface area (Å²) in [4.78, 5) is 30.8. The number of halogens is 3. The van der Waals surface area contributed by atoms with Crippen molar-refractivity contribution in [3.8, 4) is 5.75 Å². The molecule has 0 bridgehead atoms. The molecule has 0 aliphatic carbocycles. The van der Waals surface area contributed by atoms with E-state index in [1.54, 1.807) is 23.0 Å². The number of nitrogens with zero attached hydrogens (tertiary/aromatic N) is 6. The normalized spacial score (nSPS) is 15.8. The highest BCUT2D eigenvalue weighted by molar-refractivity contribution is 5.96. The number of aromatic nitrogens is 5. The van der Waals surface area contributed by atoms with E-state index in [0.29, 0.717) is 16.6 Å². The number of anilines is 1. The monoisotopic (exact) mass is 429 g/mol. The van der Waals surface area contributed by atoms with Gasteiger partial charge in [0.05, 0.1) is 29.8 Å². The number of fused-ring (bicyclic) bond motifs is 4. The van der Waals surface area contributed by atoms with Crippen LogP contribution in [0.5, 0.6) is 5.75 Å². The molecule has 1 unspecified atom stereocenters. The molecule has 0 saturated carbocycles. The minimum absolute atomic E-state index is 0.00532. The molecule has 0 fully saturated rings. The number of likely N-dealkylation sites (N-methyl/N-ethyl adjacent to an activating group) is 1. The van der Waals surface area contributed by atoms with E-state index < -0.39 is 23.7 Å². The summed E-state index contributed by atoms with van der Waals surface area (Å²) in [6, 6.07) is 1.80. The number of nitrogens with two attached hydrogens (primary N) is 1. The summed E-state index contributed by atoms with van der Waals surface area (Å²) in [6.45, 7) is -0.0106. The molecule has 2 N–H and O–H groups in total. The van der Waals surface area contributed by atoms with Crippen LogP contribution >= 0.6 is 0 Å². The highest BCUT2D eigenvalue weighted by atomic mass is 19.4. The predicted molar refractivity (Wildman–Crippen MR) is 102 cm³/mol. The summed E-state index contributed by atoms with van der Waals surface area (Å²) in [5, 5.41) is 0. The second-order valence-corrected chi connectivity index (χ2v) is 7.05. The van der Waals surface area contributed by atoms with Gasteiger partial charge in [-0.25, -0.2) is 15.0 Å². The minimum atomic E-state index is -4.53. The Kier molecular flexibility index (Phi) is 4.00. The fourth-order valence-corrected chi connectivity index (χ4v) is 3.54. The van der Waals surface area contributed by atoms with Gasteiger partial charge in [-0.2, -0.15) is 13.2 Å². The summed E-state index contributed by atoms with van der Waals surface area (Å²) < 4.78 is 45.8. The summed E-state index contributed by atoms with van der Waals surface area (Å²) in [5.41, 5.74) is 7.05. The van der Waals surface area contributed by atoms with Gasteiger partial charge in [-0.05, 0) is 12.1 Å². The molecule has 1 aliphatic rings. The topological polar surface area (TPSA) is 112 Å². The number of hydrogen-bond acceptors (Lipinski definition) is 7. The number of rotatable bonds is 2. The summed E-state index contributed by atoms with van der Waals surface area (Å²) in [6.07, 6.45) is 0.745. The van der Waals surface area contributed by atoms with Crippen molar-refractivity contribution in [3.63, 3.8) is 0 Å². The van der Waals surface area contributed by atoms with Crippen LogP contribution in [0.2, 0.25) is 0 Å². The first-order chi connectivity index (χ1) is 14.7. The van der Waals surface area contributed by atoms with Crippen molar-refractivity contribution in [1.29, 1.82) is 0 Å². The minimum Gasteiger partial charge on any atom is -0.489 e. The van der Waals surface area contributed by atoms with E-state index in [1.807, 2.05) is 0 Å². The Morgan fingerprint density at radius 3 is 2.81 bits per heavy atom. The highest BCUT2D eigenvalue weighted by Crippen LogP contribution is 2.38. The lowest BCUT2D eigenvalue weighted by Crippen LogP contribution is -2.33. The second kappa shape index (κ2) is 6.52. The third-order valence-electron chi connectivity index (χ3n) is 5.19. The van der Waals surface area contributed by atoms with Crippen molar-refractivity contribution in [2.24, 2.45) is 0 Å². The van der Waals surface area contributed by atoms with Crippen LogP contribution in [-0.4, -0.2) is 48.8 Å². The van der Waals surface area contributed by atoms with E-state index in [-0.39, 0.29) is 29.6 Å². The van der Waals surface area contributed by atoms with Crippen LogP contribution < -0.4 is 10.5 Å². The summed E-state index contributed by atoms with van der Waals surface area (Å²) in [7, 11) is 1.52. The zero-order chi connectivity index (χ0) is 21.9. The van der Waals surface area contributed by atoms with Crippen molar-refractivity contribution in [2.75, 3.05) is 19.4 Å². The zero-order valence-corrected chi connectivity index (χ0v) is 16.0. The van der Waals surface area contributed by atoms with Crippen molar-refractivity contribution < 1.29 is 22.7 Å². The van der Waals surface area contributed by atoms with Crippen molar-refractivity contribution in [1.82, 2.24) is 29.2 Å². The van der Waals surface area contributed by atoms with Crippen molar-refractivity contribution in [2.45, 2.75) is 12.2 Å². The molecule has 1 atom stereocenters. The molecular formula is C19H14F3N7O2. The van der Waals surface area contributed by atoms with Crippen LogP contribution in [0.4, 0.5) is 19.0 Å². The van der Waals surface area contributed by atoms with Crippen LogP contribution in [0.1, 0.15) is 27.8 Å². The lowest BCUT2D eigenvalue weighted by atomic mass is 10.1. The first kappa shape index (κ1) is 19.0. The van der Waals surface area contributed by atoms with Crippen LogP contribution in [0, 0.1) is 0 Å². The molecule has 0 radical (unpaired) electrons. The molecule has 12 heteroatoms. The number of ether oxygens (including phenoxy) is 1. The molecule has 1 aliphatic heterocycles. The van der Waals surface area contributed by atoms with E-state index in [2.05, 4.69) is 19.9 Å². The number of nitrogen functional groups attached to an aromatic ring is 1. The van der Waals surface area contributed by atoms with E-state index in [0.717, 1.165) is 12.3 Å². The van der Waals surface area contributed by atoms with Crippen LogP contribution in [0.3, 0.4) is 0 Å². The van der Waals surface area contributed by atoms with Gasteiger partial charge in [0.2, 0.25) is 0 Å². The van der Waals surface area contributed by atoms with Crippen molar-refractivity contribution >= 4 is 28.3 Å². The predicted octanol–water partition coefficient (Wildman–Crippen LogP) is 2.48. The number of alkyl halides is 3. The van der Waals surface area contributed by atoms with Gasteiger partial charge in [-0.1, -0.05) is 0 Å². The average Bonchev–Trinajstić information content (AvgIpc) is 3.39. The summed E-state index contributed by atoms with van der Waals surface area (Å²) >= 11 is 0. The van der Waals surface area contributed by atoms with Gasteiger partial charge in [-0.15, -0.1) is 0 Å². The average molecular weight is 429 g/mol. The molecule has 5 heterocycles. The van der Waals surface area contributed by atoms with Crippen LogP contribution in [0.25, 0.3) is 16.6 Å². The molecule has 1 amide bonds. The Balaban J connectivity index is 1.49. The molecule has 4 aromatic heterocycles. The molecule has 9 nitrogen and oxygen atoms in total. The molecule has 4 aromatic rings. The Hall–Kier alpha value is -3.96. The fourth-order valence-electron chi connectivity index (χ4n) is 3.54. The lowest BCUT2D eigenvalue weighted by Gasteiger charge is -2.22. The van der Waals surface area contributed by atoms with Crippen LogP contribution in [-0.2, 0) is 6.18 Å². The van der Waals surface area contributed by atoms with Gasteiger partial charge in [0, 0.05) is 13.2 Å². The van der Waals surface area contributed by atoms with E-state index in [4.69, 9.17) is 10.5 Å². The number of pyridine rings is 2. The zero-order valence-electron chi connectivity index (χ0n) is 16.0.